The Bertz CT molecular complexity index is 441. The van der Waals surface area contributed by atoms with Crippen LogP contribution in [0, 0.1) is 0 Å². The lowest BCUT2D eigenvalue weighted by molar-refractivity contribution is 0.0983. The van der Waals surface area contributed by atoms with Crippen LogP contribution in [0.5, 0.6) is 0 Å². The molecule has 2 aliphatic heterocycles. The molecule has 5 heteroatoms. The number of halogens is 1. The largest absolute Gasteiger partial charge is 0.312 e. The van der Waals surface area contributed by atoms with Crippen molar-refractivity contribution in [3.63, 3.8) is 0 Å². The van der Waals surface area contributed by atoms with Gasteiger partial charge in [-0.25, -0.2) is 0 Å². The van der Waals surface area contributed by atoms with E-state index in [4.69, 9.17) is 0 Å². The van der Waals surface area contributed by atoms with Crippen LogP contribution in [0.15, 0.2) is 0 Å². The summed E-state index contributed by atoms with van der Waals surface area (Å²) in [5.41, 5.74) is 3.08. The van der Waals surface area contributed by atoms with Crippen molar-refractivity contribution in [3.8, 4) is 0 Å². The predicted molar refractivity (Wildman–Crippen MR) is 63.9 cm³/mol. The minimum atomic E-state index is -0.0310. The van der Waals surface area contributed by atoms with Gasteiger partial charge in [0.2, 0.25) is 0 Å². The van der Waals surface area contributed by atoms with Crippen LogP contribution in [0.2, 0.25) is 0 Å². The molecular weight excluding hydrogens is 270 g/mol. The Hall–Kier alpha value is -0.680. The minimum absolute atomic E-state index is 0.0310. The minimum Gasteiger partial charge on any atom is -0.312 e. The number of hydrogen-bond donors (Lipinski definition) is 1. The van der Waals surface area contributed by atoms with Crippen LogP contribution in [0.3, 0.4) is 0 Å². The van der Waals surface area contributed by atoms with E-state index < -0.39 is 0 Å². The fourth-order valence-corrected chi connectivity index (χ4v) is 3.03. The molecule has 86 valence electrons. The van der Waals surface area contributed by atoms with E-state index in [1.165, 1.54) is 0 Å². The molecule has 0 saturated carbocycles. The molecule has 0 bridgehead atoms. The van der Waals surface area contributed by atoms with Crippen molar-refractivity contribution in [2.24, 2.45) is 0 Å². The fourth-order valence-electron chi connectivity index (χ4n) is 2.49. The Balaban J connectivity index is 2.12. The maximum Gasteiger partial charge on any atom is 0.194 e. The summed E-state index contributed by atoms with van der Waals surface area (Å²) in [7, 11) is 0. The molecule has 1 N–H and O–H groups in total. The third-order valence-electron chi connectivity index (χ3n) is 3.32. The van der Waals surface area contributed by atoms with Gasteiger partial charge in [-0.3, -0.25) is 9.48 Å². The smallest absolute Gasteiger partial charge is 0.194 e. The number of Topliss-reactive ketones (excluding diaryl/α,β-unsaturated/α-hetero) is 1. The first kappa shape index (κ1) is 10.5. The fraction of sp³-hybridized carbons (Fsp3) is 0.636. The molecule has 16 heavy (non-hydrogen) atoms. The second-order valence-electron chi connectivity index (χ2n) is 4.40. The van der Waals surface area contributed by atoms with Crippen LogP contribution < -0.4 is 5.32 Å². The standard InChI is InChI=1S/C11H14BrN3O/c12-8-2-1-5-15-10(11(8)16)7-6-13-4-3-9(7)14-15/h8,13H,1-6H2. The Morgan fingerprint density at radius 1 is 1.50 bits per heavy atom. The Labute approximate surface area is 103 Å². The topological polar surface area (TPSA) is 46.9 Å². The number of alkyl halides is 1. The van der Waals surface area contributed by atoms with Gasteiger partial charge in [0.15, 0.2) is 5.78 Å². The molecule has 0 spiro atoms. The van der Waals surface area contributed by atoms with Crippen LogP contribution in [0.4, 0.5) is 0 Å². The zero-order chi connectivity index (χ0) is 11.1. The molecule has 0 aliphatic carbocycles. The normalized spacial score (nSPS) is 24.8. The van der Waals surface area contributed by atoms with Crippen molar-refractivity contribution in [1.82, 2.24) is 15.1 Å². The van der Waals surface area contributed by atoms with Crippen LogP contribution in [0.25, 0.3) is 0 Å². The number of carbonyl (C=O) groups is 1. The number of aryl methyl sites for hydroxylation is 1. The molecule has 1 aromatic rings. The van der Waals surface area contributed by atoms with Gasteiger partial charge in [-0.2, -0.15) is 5.10 Å². The van der Waals surface area contributed by atoms with Crippen molar-refractivity contribution < 1.29 is 4.79 Å². The molecule has 0 radical (unpaired) electrons. The molecule has 3 rings (SSSR count). The highest BCUT2D eigenvalue weighted by molar-refractivity contribution is 9.10. The summed E-state index contributed by atoms with van der Waals surface area (Å²) >= 11 is 3.47. The number of fused-ring (bicyclic) bond motifs is 3. The summed E-state index contributed by atoms with van der Waals surface area (Å²) in [5.74, 6) is 0.204. The Morgan fingerprint density at radius 2 is 2.38 bits per heavy atom. The number of hydrogen-bond acceptors (Lipinski definition) is 3. The molecule has 0 fully saturated rings. The first-order valence-corrected chi connectivity index (χ1v) is 6.66. The summed E-state index contributed by atoms with van der Waals surface area (Å²) in [6.45, 7) is 2.63. The van der Waals surface area contributed by atoms with Crippen LogP contribution in [-0.2, 0) is 19.5 Å². The molecule has 1 unspecified atom stereocenters. The molecule has 0 saturated heterocycles. The van der Waals surface area contributed by atoms with Gasteiger partial charge < -0.3 is 5.32 Å². The second-order valence-corrected chi connectivity index (χ2v) is 5.50. The lowest BCUT2D eigenvalue weighted by Gasteiger charge is -2.13. The van der Waals surface area contributed by atoms with Crippen LogP contribution in [0.1, 0.15) is 34.6 Å². The maximum atomic E-state index is 12.2. The first-order valence-electron chi connectivity index (χ1n) is 5.75. The van der Waals surface area contributed by atoms with Gasteiger partial charge in [0.25, 0.3) is 0 Å². The van der Waals surface area contributed by atoms with E-state index in [0.29, 0.717) is 0 Å². The number of aromatic nitrogens is 2. The summed E-state index contributed by atoms with van der Waals surface area (Å²) in [4.78, 5) is 12.2. The molecule has 1 atom stereocenters. The van der Waals surface area contributed by atoms with Crippen molar-refractivity contribution in [2.45, 2.75) is 37.2 Å². The van der Waals surface area contributed by atoms with E-state index in [1.54, 1.807) is 0 Å². The van der Waals surface area contributed by atoms with Crippen LogP contribution in [-0.4, -0.2) is 26.9 Å². The molecular formula is C11H14BrN3O. The zero-order valence-electron chi connectivity index (χ0n) is 9.00. The number of rotatable bonds is 0. The lowest BCUT2D eigenvalue weighted by Crippen LogP contribution is -2.25. The summed E-state index contributed by atoms with van der Waals surface area (Å²) in [5, 5.41) is 7.88. The van der Waals surface area contributed by atoms with Crippen molar-refractivity contribution in [1.29, 1.82) is 0 Å². The molecule has 0 aromatic carbocycles. The summed E-state index contributed by atoms with van der Waals surface area (Å²) < 4.78 is 1.92. The SMILES string of the molecule is O=C1c2c3c(nn2CCCC1Br)CCNC3. The predicted octanol–water partition coefficient (Wildman–Crippen LogP) is 1.27. The first-order chi connectivity index (χ1) is 7.77. The second kappa shape index (κ2) is 3.96. The van der Waals surface area contributed by atoms with Gasteiger partial charge >= 0.3 is 0 Å². The molecule has 1 aromatic heterocycles. The summed E-state index contributed by atoms with van der Waals surface area (Å²) in [6.07, 6.45) is 2.86. The molecule has 0 amide bonds. The van der Waals surface area contributed by atoms with Crippen molar-refractivity contribution in [3.05, 3.63) is 17.0 Å². The third-order valence-corrected chi connectivity index (χ3v) is 4.19. The number of carbonyl (C=O) groups excluding carboxylic acids is 1. The highest BCUT2D eigenvalue weighted by Gasteiger charge is 2.30. The Kier molecular flexibility index (Phi) is 2.59. The van der Waals surface area contributed by atoms with Crippen molar-refractivity contribution in [2.75, 3.05) is 6.54 Å². The van der Waals surface area contributed by atoms with Gasteiger partial charge in [-0.15, -0.1) is 0 Å². The molecule has 3 heterocycles. The van der Waals surface area contributed by atoms with Crippen LogP contribution >= 0.6 is 15.9 Å². The molecule has 4 nitrogen and oxygen atoms in total. The highest BCUT2D eigenvalue weighted by Crippen LogP contribution is 2.26. The van der Waals surface area contributed by atoms with E-state index in [-0.39, 0.29) is 10.6 Å². The van der Waals surface area contributed by atoms with Gasteiger partial charge in [-0.05, 0) is 12.8 Å². The quantitative estimate of drug-likeness (QED) is 0.730. The lowest BCUT2D eigenvalue weighted by atomic mass is 10.0. The number of nitrogens with one attached hydrogen (secondary N) is 1. The van der Waals surface area contributed by atoms with E-state index in [2.05, 4.69) is 26.3 Å². The molecule has 2 aliphatic rings. The van der Waals surface area contributed by atoms with Crippen molar-refractivity contribution >= 4 is 21.7 Å². The van der Waals surface area contributed by atoms with E-state index in [1.807, 2.05) is 4.68 Å². The summed E-state index contributed by atoms with van der Waals surface area (Å²) in [6, 6.07) is 0. The van der Waals surface area contributed by atoms with Gasteiger partial charge in [-0.1, -0.05) is 15.9 Å². The maximum absolute atomic E-state index is 12.2. The number of nitrogens with zero attached hydrogens (tertiary/aromatic N) is 2. The van der Waals surface area contributed by atoms with E-state index in [0.717, 1.165) is 55.8 Å². The average Bonchev–Trinajstić information content (AvgIpc) is 2.59. The zero-order valence-corrected chi connectivity index (χ0v) is 10.6. The van der Waals surface area contributed by atoms with E-state index in [9.17, 15) is 4.79 Å². The Morgan fingerprint density at radius 3 is 3.25 bits per heavy atom. The average molecular weight is 284 g/mol. The van der Waals surface area contributed by atoms with E-state index >= 15 is 0 Å². The monoisotopic (exact) mass is 283 g/mol. The highest BCUT2D eigenvalue weighted by atomic mass is 79.9. The van der Waals surface area contributed by atoms with Gasteiger partial charge in [0.1, 0.15) is 5.69 Å². The van der Waals surface area contributed by atoms with Gasteiger partial charge in [0.05, 0.1) is 10.5 Å². The van der Waals surface area contributed by atoms with Gasteiger partial charge in [0, 0.05) is 31.6 Å². The third kappa shape index (κ3) is 1.53. The number of ketones is 1.